The van der Waals surface area contributed by atoms with Crippen LogP contribution in [-0.4, -0.2) is 42.9 Å². The highest BCUT2D eigenvalue weighted by atomic mass is 32.2. The van der Waals surface area contributed by atoms with Gasteiger partial charge in [0.25, 0.3) is 0 Å². The number of aromatic nitrogens is 1. The molecule has 0 spiro atoms. The highest BCUT2D eigenvalue weighted by Crippen LogP contribution is 2.22. The monoisotopic (exact) mass is 385 g/mol. The van der Waals surface area contributed by atoms with E-state index in [9.17, 15) is 4.79 Å². The van der Waals surface area contributed by atoms with E-state index in [0.29, 0.717) is 13.0 Å². The van der Waals surface area contributed by atoms with Crippen LogP contribution in [0.2, 0.25) is 0 Å². The Morgan fingerprint density at radius 2 is 2.04 bits per heavy atom. The van der Waals surface area contributed by atoms with Crippen LogP contribution in [0, 0.1) is 13.8 Å². The lowest BCUT2D eigenvalue weighted by atomic mass is 10.1. The maximum Gasteiger partial charge on any atom is 0.221 e. The van der Waals surface area contributed by atoms with E-state index < -0.39 is 0 Å². The molecule has 1 amide bonds. The molecule has 1 N–H and O–H groups in total. The molecule has 0 atom stereocenters. The Kier molecular flexibility index (Phi) is 7.12. The number of hydrogen-bond donors (Lipinski definition) is 1. The van der Waals surface area contributed by atoms with Gasteiger partial charge in [-0.25, -0.2) is 4.98 Å². The molecule has 0 saturated carbocycles. The zero-order valence-electron chi connectivity index (χ0n) is 16.0. The number of carbonyl (C=O) groups is 1. The van der Waals surface area contributed by atoms with Crippen molar-refractivity contribution in [2.45, 2.75) is 31.7 Å². The number of aryl methyl sites for hydroxylation is 2. The van der Waals surface area contributed by atoms with Gasteiger partial charge in [-0.2, -0.15) is 0 Å². The highest BCUT2D eigenvalue weighted by Gasteiger charge is 2.16. The molecule has 0 radical (unpaired) electrons. The van der Waals surface area contributed by atoms with E-state index in [4.69, 9.17) is 4.74 Å². The standard InChI is InChI=1S/C21H27N3O2S/c1-16-5-6-19(14-17(16)2)27-13-7-20(25)23-15-18-4-3-8-22-21(18)24-9-11-26-12-10-24/h3-6,8,14H,7,9-13,15H2,1-2H3,(H,23,25). The molecule has 0 bridgehead atoms. The summed E-state index contributed by atoms with van der Waals surface area (Å²) in [5.74, 6) is 1.80. The number of ether oxygens (including phenoxy) is 1. The molecule has 3 rings (SSSR count). The first-order valence-corrected chi connectivity index (χ1v) is 10.4. The van der Waals surface area contributed by atoms with E-state index in [1.165, 1.54) is 16.0 Å². The number of thioether (sulfide) groups is 1. The fourth-order valence-electron chi connectivity index (χ4n) is 2.98. The first kappa shape index (κ1) is 19.7. The number of nitrogens with zero attached hydrogens (tertiary/aromatic N) is 2. The molecule has 1 aliphatic heterocycles. The molecule has 1 aliphatic rings. The van der Waals surface area contributed by atoms with E-state index in [2.05, 4.69) is 47.2 Å². The summed E-state index contributed by atoms with van der Waals surface area (Å²) < 4.78 is 5.41. The quantitative estimate of drug-likeness (QED) is 0.741. The molecule has 27 heavy (non-hydrogen) atoms. The van der Waals surface area contributed by atoms with E-state index in [1.807, 2.05) is 12.1 Å². The van der Waals surface area contributed by atoms with Crippen LogP contribution in [0.25, 0.3) is 0 Å². The minimum atomic E-state index is 0.0723. The van der Waals surface area contributed by atoms with Crippen LogP contribution >= 0.6 is 11.8 Å². The molecule has 5 nitrogen and oxygen atoms in total. The molecule has 1 aromatic carbocycles. The van der Waals surface area contributed by atoms with Crippen molar-refractivity contribution in [3.05, 3.63) is 53.2 Å². The van der Waals surface area contributed by atoms with Gasteiger partial charge in [-0.15, -0.1) is 11.8 Å². The average molecular weight is 386 g/mol. The largest absolute Gasteiger partial charge is 0.378 e. The summed E-state index contributed by atoms with van der Waals surface area (Å²) in [7, 11) is 0. The van der Waals surface area contributed by atoms with Gasteiger partial charge in [0.1, 0.15) is 5.82 Å². The molecule has 1 saturated heterocycles. The van der Waals surface area contributed by atoms with E-state index in [1.54, 1.807) is 18.0 Å². The van der Waals surface area contributed by atoms with Crippen LogP contribution in [0.4, 0.5) is 5.82 Å². The van der Waals surface area contributed by atoms with Crippen molar-refractivity contribution in [3.8, 4) is 0 Å². The van der Waals surface area contributed by atoms with Gasteiger partial charge in [-0.1, -0.05) is 12.1 Å². The number of pyridine rings is 1. The second kappa shape index (κ2) is 9.76. The minimum absolute atomic E-state index is 0.0723. The predicted molar refractivity (Wildman–Crippen MR) is 110 cm³/mol. The molecule has 6 heteroatoms. The van der Waals surface area contributed by atoms with E-state index >= 15 is 0 Å². The van der Waals surface area contributed by atoms with Crippen molar-refractivity contribution in [3.63, 3.8) is 0 Å². The summed E-state index contributed by atoms with van der Waals surface area (Å²) in [6.45, 7) is 7.85. The Morgan fingerprint density at radius 1 is 1.22 bits per heavy atom. The molecular weight excluding hydrogens is 358 g/mol. The van der Waals surface area contributed by atoms with Crippen molar-refractivity contribution in [2.24, 2.45) is 0 Å². The predicted octanol–water partition coefficient (Wildman–Crippen LogP) is 3.33. The van der Waals surface area contributed by atoms with Crippen LogP contribution in [-0.2, 0) is 16.1 Å². The van der Waals surface area contributed by atoms with Gasteiger partial charge in [0.05, 0.1) is 13.2 Å². The van der Waals surface area contributed by atoms with Crippen molar-refractivity contribution in [1.29, 1.82) is 0 Å². The fourth-order valence-corrected chi connectivity index (χ4v) is 3.92. The number of benzene rings is 1. The molecule has 2 aromatic rings. The number of carbonyl (C=O) groups excluding carboxylic acids is 1. The summed E-state index contributed by atoms with van der Waals surface area (Å²) >= 11 is 1.72. The Hall–Kier alpha value is -2.05. The fraction of sp³-hybridized carbons (Fsp3) is 0.429. The lowest BCUT2D eigenvalue weighted by Crippen LogP contribution is -2.37. The Morgan fingerprint density at radius 3 is 2.81 bits per heavy atom. The van der Waals surface area contributed by atoms with Gasteiger partial charge in [0.2, 0.25) is 5.91 Å². The van der Waals surface area contributed by atoms with Crippen LogP contribution in [0.5, 0.6) is 0 Å². The summed E-state index contributed by atoms with van der Waals surface area (Å²) in [5.41, 5.74) is 3.64. The maximum absolute atomic E-state index is 12.2. The first-order valence-electron chi connectivity index (χ1n) is 9.37. The van der Waals surface area contributed by atoms with Gasteiger partial charge >= 0.3 is 0 Å². The van der Waals surface area contributed by atoms with Gasteiger partial charge in [0, 0.05) is 48.5 Å². The topological polar surface area (TPSA) is 54.5 Å². The number of hydrogen-bond acceptors (Lipinski definition) is 5. The number of amides is 1. The molecule has 1 aromatic heterocycles. The third-order valence-electron chi connectivity index (χ3n) is 4.73. The van der Waals surface area contributed by atoms with E-state index in [-0.39, 0.29) is 5.91 Å². The molecule has 144 valence electrons. The van der Waals surface area contributed by atoms with Crippen molar-refractivity contribution in [2.75, 3.05) is 37.0 Å². The second-order valence-corrected chi connectivity index (χ2v) is 7.88. The summed E-state index contributed by atoms with van der Waals surface area (Å²) in [5, 5.41) is 3.04. The number of anilines is 1. The third-order valence-corrected chi connectivity index (χ3v) is 5.73. The Balaban J connectivity index is 1.47. The van der Waals surface area contributed by atoms with Crippen LogP contribution in [0.1, 0.15) is 23.1 Å². The van der Waals surface area contributed by atoms with Gasteiger partial charge in [0.15, 0.2) is 0 Å². The lowest BCUT2D eigenvalue weighted by Gasteiger charge is -2.29. The first-order chi connectivity index (χ1) is 13.1. The van der Waals surface area contributed by atoms with Gasteiger partial charge in [-0.05, 0) is 43.2 Å². The Bertz CT molecular complexity index is 776. The smallest absolute Gasteiger partial charge is 0.221 e. The van der Waals surface area contributed by atoms with Crippen LogP contribution in [0.3, 0.4) is 0 Å². The second-order valence-electron chi connectivity index (χ2n) is 6.71. The highest BCUT2D eigenvalue weighted by molar-refractivity contribution is 7.99. The van der Waals surface area contributed by atoms with Crippen molar-refractivity contribution >= 4 is 23.5 Å². The van der Waals surface area contributed by atoms with Gasteiger partial charge < -0.3 is 15.0 Å². The van der Waals surface area contributed by atoms with E-state index in [0.717, 1.165) is 43.4 Å². The normalized spacial score (nSPS) is 14.2. The SMILES string of the molecule is Cc1ccc(SCCC(=O)NCc2cccnc2N2CCOCC2)cc1C. The summed E-state index contributed by atoms with van der Waals surface area (Å²) in [4.78, 5) is 20.2. The lowest BCUT2D eigenvalue weighted by molar-refractivity contribution is -0.120. The number of nitrogens with one attached hydrogen (secondary N) is 1. The number of morpholine rings is 1. The molecule has 0 unspecified atom stereocenters. The van der Waals surface area contributed by atoms with Crippen molar-refractivity contribution in [1.82, 2.24) is 10.3 Å². The zero-order chi connectivity index (χ0) is 19.1. The molecule has 1 fully saturated rings. The maximum atomic E-state index is 12.2. The average Bonchev–Trinajstić information content (AvgIpc) is 2.70. The van der Waals surface area contributed by atoms with Gasteiger partial charge in [-0.3, -0.25) is 4.79 Å². The molecule has 0 aliphatic carbocycles. The third kappa shape index (κ3) is 5.71. The minimum Gasteiger partial charge on any atom is -0.378 e. The Labute approximate surface area is 165 Å². The summed E-state index contributed by atoms with van der Waals surface area (Å²) in [6.07, 6.45) is 2.31. The van der Waals surface area contributed by atoms with Crippen LogP contribution < -0.4 is 10.2 Å². The molecule has 2 heterocycles. The van der Waals surface area contributed by atoms with Crippen molar-refractivity contribution < 1.29 is 9.53 Å². The van der Waals surface area contributed by atoms with Crippen LogP contribution in [0.15, 0.2) is 41.4 Å². The zero-order valence-corrected chi connectivity index (χ0v) is 16.8. The summed E-state index contributed by atoms with van der Waals surface area (Å²) in [6, 6.07) is 10.4. The number of rotatable bonds is 7. The molecular formula is C21H27N3O2S.